The smallest absolute Gasteiger partial charge is 0.239 e. The molecule has 0 spiro atoms. The van der Waals surface area contributed by atoms with Crippen molar-refractivity contribution in [1.82, 2.24) is 5.32 Å². The fraction of sp³-hybridized carbons (Fsp3) is 0.235. The van der Waals surface area contributed by atoms with Crippen molar-refractivity contribution in [3.63, 3.8) is 0 Å². The molecule has 0 fully saturated rings. The Morgan fingerprint density at radius 1 is 1.12 bits per heavy atom. The summed E-state index contributed by atoms with van der Waals surface area (Å²) in [5, 5.41) is 5.39. The highest BCUT2D eigenvalue weighted by Crippen LogP contribution is 2.29. The molecule has 0 saturated carbocycles. The highest BCUT2D eigenvalue weighted by atomic mass is 32.2. The van der Waals surface area contributed by atoms with Crippen LogP contribution in [0.25, 0.3) is 0 Å². The molecule has 0 aliphatic carbocycles. The van der Waals surface area contributed by atoms with Crippen LogP contribution in [-0.4, -0.2) is 34.2 Å². The molecule has 0 atom stereocenters. The standard InChI is InChI=1S/C17H20N2O3S2/c1-12-4-9-15(19-11-17(20)18-2)16(10-12)24(21,22)14-7-5-13(23-3)6-8-14/h4-10,19H,11H2,1-3H3,(H,18,20). The van der Waals surface area contributed by atoms with Gasteiger partial charge in [-0.3, -0.25) is 4.79 Å². The van der Waals surface area contributed by atoms with E-state index in [-0.39, 0.29) is 22.2 Å². The van der Waals surface area contributed by atoms with E-state index >= 15 is 0 Å². The number of thioether (sulfide) groups is 1. The zero-order valence-electron chi connectivity index (χ0n) is 13.8. The number of rotatable bonds is 6. The summed E-state index contributed by atoms with van der Waals surface area (Å²) in [7, 11) is -2.14. The number of carbonyl (C=O) groups excluding carboxylic acids is 1. The van der Waals surface area contributed by atoms with Crippen LogP contribution in [0, 0.1) is 6.92 Å². The highest BCUT2D eigenvalue weighted by Gasteiger charge is 2.22. The first-order chi connectivity index (χ1) is 11.4. The molecule has 0 aromatic heterocycles. The van der Waals surface area contributed by atoms with Gasteiger partial charge in [0.05, 0.1) is 22.0 Å². The van der Waals surface area contributed by atoms with Crippen molar-refractivity contribution in [1.29, 1.82) is 0 Å². The number of aryl methyl sites for hydroxylation is 1. The molecule has 5 nitrogen and oxygen atoms in total. The van der Waals surface area contributed by atoms with Gasteiger partial charge >= 0.3 is 0 Å². The van der Waals surface area contributed by atoms with E-state index in [1.54, 1.807) is 48.2 Å². The quantitative estimate of drug-likeness (QED) is 0.771. The van der Waals surface area contributed by atoms with Gasteiger partial charge < -0.3 is 10.6 Å². The summed E-state index contributed by atoms with van der Waals surface area (Å²) >= 11 is 1.55. The van der Waals surface area contributed by atoms with Crippen LogP contribution in [0.15, 0.2) is 57.2 Å². The van der Waals surface area contributed by atoms with Crippen molar-refractivity contribution >= 4 is 33.2 Å². The molecule has 0 radical (unpaired) electrons. The maximum absolute atomic E-state index is 13.0. The highest BCUT2D eigenvalue weighted by molar-refractivity contribution is 7.98. The van der Waals surface area contributed by atoms with Gasteiger partial charge in [-0.1, -0.05) is 6.07 Å². The minimum absolute atomic E-state index is 0.00743. The monoisotopic (exact) mass is 364 g/mol. The Balaban J connectivity index is 2.44. The summed E-state index contributed by atoms with van der Waals surface area (Å²) in [6.07, 6.45) is 1.94. The van der Waals surface area contributed by atoms with Crippen molar-refractivity contribution < 1.29 is 13.2 Å². The lowest BCUT2D eigenvalue weighted by molar-refractivity contribution is -0.118. The predicted octanol–water partition coefficient (Wildman–Crippen LogP) is 2.71. The summed E-state index contributed by atoms with van der Waals surface area (Å²) < 4.78 is 25.9. The number of likely N-dealkylation sites (N-methyl/N-ethyl adjacent to an activating group) is 1. The van der Waals surface area contributed by atoms with Gasteiger partial charge in [0.2, 0.25) is 15.7 Å². The number of amides is 1. The fourth-order valence-corrected chi connectivity index (χ4v) is 4.07. The lowest BCUT2D eigenvalue weighted by atomic mass is 10.2. The molecule has 0 bridgehead atoms. The first-order valence-electron chi connectivity index (χ1n) is 7.32. The van der Waals surface area contributed by atoms with Crippen LogP contribution in [0.3, 0.4) is 0 Å². The lowest BCUT2D eigenvalue weighted by Gasteiger charge is -2.13. The Kier molecular flexibility index (Phi) is 5.90. The molecule has 1 amide bonds. The van der Waals surface area contributed by atoms with Crippen molar-refractivity contribution in [2.24, 2.45) is 0 Å². The molecule has 7 heteroatoms. The van der Waals surface area contributed by atoms with Gasteiger partial charge in [-0.05, 0) is 55.1 Å². The van der Waals surface area contributed by atoms with Gasteiger partial charge in [0.15, 0.2) is 0 Å². The normalized spacial score (nSPS) is 11.1. The molecule has 2 rings (SSSR count). The number of sulfone groups is 1. The van der Waals surface area contributed by atoms with E-state index in [1.807, 2.05) is 19.2 Å². The number of anilines is 1. The summed E-state index contributed by atoms with van der Waals surface area (Å²) in [5.41, 5.74) is 1.25. The van der Waals surface area contributed by atoms with Gasteiger partial charge in [-0.25, -0.2) is 8.42 Å². The maximum atomic E-state index is 13.0. The van der Waals surface area contributed by atoms with Crippen molar-refractivity contribution in [3.8, 4) is 0 Å². The molecule has 2 aromatic carbocycles. The largest absolute Gasteiger partial charge is 0.375 e. The zero-order valence-corrected chi connectivity index (χ0v) is 15.4. The summed E-state index contributed by atoms with van der Waals surface area (Å²) in [6, 6.07) is 11.9. The molecule has 0 unspecified atom stereocenters. The van der Waals surface area contributed by atoms with E-state index in [2.05, 4.69) is 10.6 Å². The maximum Gasteiger partial charge on any atom is 0.239 e. The third kappa shape index (κ3) is 4.10. The van der Waals surface area contributed by atoms with E-state index < -0.39 is 9.84 Å². The minimum atomic E-state index is -3.68. The van der Waals surface area contributed by atoms with Crippen molar-refractivity contribution in [2.75, 3.05) is 25.2 Å². The second-order valence-electron chi connectivity index (χ2n) is 5.21. The van der Waals surface area contributed by atoms with Crippen LogP contribution in [0.4, 0.5) is 5.69 Å². The number of carbonyl (C=O) groups is 1. The van der Waals surface area contributed by atoms with Crippen LogP contribution in [0.1, 0.15) is 5.56 Å². The third-order valence-corrected chi connectivity index (χ3v) is 6.07. The Morgan fingerprint density at radius 2 is 1.79 bits per heavy atom. The lowest BCUT2D eigenvalue weighted by Crippen LogP contribution is -2.26. The average Bonchev–Trinajstić information content (AvgIpc) is 2.60. The fourth-order valence-electron chi connectivity index (χ4n) is 2.14. The number of hydrogen-bond acceptors (Lipinski definition) is 5. The number of nitrogens with one attached hydrogen (secondary N) is 2. The van der Waals surface area contributed by atoms with E-state index in [1.165, 1.54) is 7.05 Å². The molecule has 2 aromatic rings. The third-order valence-electron chi connectivity index (χ3n) is 3.51. The van der Waals surface area contributed by atoms with E-state index in [0.717, 1.165) is 10.5 Å². The Hall–Kier alpha value is -1.99. The summed E-state index contributed by atoms with van der Waals surface area (Å²) in [4.78, 5) is 12.8. The minimum Gasteiger partial charge on any atom is -0.375 e. The van der Waals surface area contributed by atoms with Crippen LogP contribution in [-0.2, 0) is 14.6 Å². The van der Waals surface area contributed by atoms with Gasteiger partial charge in [0, 0.05) is 11.9 Å². The Morgan fingerprint density at radius 3 is 2.38 bits per heavy atom. The van der Waals surface area contributed by atoms with Gasteiger partial charge in [0.1, 0.15) is 0 Å². The predicted molar refractivity (Wildman–Crippen MR) is 97.4 cm³/mol. The van der Waals surface area contributed by atoms with E-state index in [0.29, 0.717) is 5.69 Å². The van der Waals surface area contributed by atoms with Crippen LogP contribution in [0.2, 0.25) is 0 Å². The topological polar surface area (TPSA) is 75.3 Å². The van der Waals surface area contributed by atoms with Gasteiger partial charge in [-0.2, -0.15) is 0 Å². The molecule has 0 saturated heterocycles. The van der Waals surface area contributed by atoms with Gasteiger partial charge in [-0.15, -0.1) is 11.8 Å². The molecular weight excluding hydrogens is 344 g/mol. The van der Waals surface area contributed by atoms with Crippen LogP contribution in [0.5, 0.6) is 0 Å². The zero-order chi connectivity index (χ0) is 17.7. The molecule has 0 heterocycles. The second kappa shape index (κ2) is 7.72. The first kappa shape index (κ1) is 18.4. The summed E-state index contributed by atoms with van der Waals surface area (Å²) in [5.74, 6) is -0.219. The van der Waals surface area contributed by atoms with Gasteiger partial charge in [0.25, 0.3) is 0 Å². The number of benzene rings is 2. The van der Waals surface area contributed by atoms with Crippen LogP contribution < -0.4 is 10.6 Å². The Bertz CT molecular complexity index is 831. The summed E-state index contributed by atoms with van der Waals surface area (Å²) in [6.45, 7) is 1.84. The van der Waals surface area contributed by atoms with Crippen molar-refractivity contribution in [2.45, 2.75) is 21.6 Å². The van der Waals surface area contributed by atoms with E-state index in [4.69, 9.17) is 0 Å². The van der Waals surface area contributed by atoms with E-state index in [9.17, 15) is 13.2 Å². The molecule has 0 aliphatic rings. The first-order valence-corrected chi connectivity index (χ1v) is 10.0. The van der Waals surface area contributed by atoms with Crippen molar-refractivity contribution in [3.05, 3.63) is 48.0 Å². The molecule has 128 valence electrons. The molecule has 24 heavy (non-hydrogen) atoms. The molecule has 2 N–H and O–H groups in total. The Labute approximate surface area is 146 Å². The SMILES string of the molecule is CNC(=O)CNc1ccc(C)cc1S(=O)(=O)c1ccc(SC)cc1. The number of hydrogen-bond donors (Lipinski definition) is 2. The second-order valence-corrected chi connectivity index (χ2v) is 8.00. The van der Waals surface area contributed by atoms with Crippen LogP contribution >= 0.6 is 11.8 Å². The average molecular weight is 364 g/mol. The molecule has 0 aliphatic heterocycles. The molecular formula is C17H20N2O3S2.